The topological polar surface area (TPSA) is 53.6 Å². The molecule has 2 aliphatic rings. The summed E-state index contributed by atoms with van der Waals surface area (Å²) in [6.45, 7) is 4.63. The number of amides is 1. The Bertz CT molecular complexity index is 289. The van der Waals surface area contributed by atoms with Gasteiger partial charge in [-0.2, -0.15) is 0 Å². The molecule has 0 saturated carbocycles. The molecule has 0 spiro atoms. The highest BCUT2D eigenvalue weighted by Crippen LogP contribution is 2.16. The summed E-state index contributed by atoms with van der Waals surface area (Å²) in [5, 5.41) is 6.41. The van der Waals surface area contributed by atoms with Gasteiger partial charge in [0.25, 0.3) is 0 Å². The molecule has 2 fully saturated rings. The Labute approximate surface area is 140 Å². The van der Waals surface area contributed by atoms with Crippen LogP contribution in [0.15, 0.2) is 0 Å². The third-order valence-corrected chi connectivity index (χ3v) is 4.22. The van der Waals surface area contributed by atoms with E-state index < -0.39 is 0 Å². The third kappa shape index (κ3) is 6.70. The zero-order valence-electron chi connectivity index (χ0n) is 12.8. The van der Waals surface area contributed by atoms with Crippen molar-refractivity contribution >= 4 is 30.7 Å². The lowest BCUT2D eigenvalue weighted by atomic mass is 10.0. The van der Waals surface area contributed by atoms with Crippen molar-refractivity contribution in [2.75, 3.05) is 39.9 Å². The number of likely N-dealkylation sites (tertiary alicyclic amines) is 1. The van der Waals surface area contributed by atoms with Crippen LogP contribution in [0.2, 0.25) is 0 Å². The van der Waals surface area contributed by atoms with Gasteiger partial charge in [-0.25, -0.2) is 0 Å². The second-order valence-electron chi connectivity index (χ2n) is 5.57. The number of hydrogen-bond acceptors (Lipinski definition) is 4. The lowest BCUT2D eigenvalue weighted by molar-refractivity contribution is -0.123. The van der Waals surface area contributed by atoms with E-state index in [0.717, 1.165) is 45.6 Å². The molecule has 7 heteroatoms. The molecule has 2 rings (SSSR count). The summed E-state index contributed by atoms with van der Waals surface area (Å²) in [6, 6.07) is 0.519. The van der Waals surface area contributed by atoms with Crippen molar-refractivity contribution in [3.8, 4) is 0 Å². The Morgan fingerprint density at radius 3 is 2.76 bits per heavy atom. The van der Waals surface area contributed by atoms with E-state index in [0.29, 0.717) is 6.04 Å². The molecule has 2 N–H and O–H groups in total. The van der Waals surface area contributed by atoms with Crippen LogP contribution in [0, 0.1) is 0 Å². The molecule has 2 atom stereocenters. The lowest BCUT2D eigenvalue weighted by Crippen LogP contribution is -2.49. The molecule has 0 radical (unpaired) electrons. The largest absolute Gasteiger partial charge is 0.383 e. The van der Waals surface area contributed by atoms with Gasteiger partial charge in [0.2, 0.25) is 5.91 Å². The molecule has 5 nitrogen and oxygen atoms in total. The average Bonchev–Trinajstić information content (AvgIpc) is 2.91. The van der Waals surface area contributed by atoms with Crippen LogP contribution in [0.5, 0.6) is 0 Å². The molecule has 0 aliphatic carbocycles. The van der Waals surface area contributed by atoms with Crippen LogP contribution >= 0.6 is 24.8 Å². The predicted molar refractivity (Wildman–Crippen MR) is 89.6 cm³/mol. The number of methoxy groups -OCH3 is 1. The summed E-state index contributed by atoms with van der Waals surface area (Å²) in [7, 11) is 1.74. The molecule has 1 amide bonds. The number of nitrogens with one attached hydrogen (secondary N) is 2. The van der Waals surface area contributed by atoms with Gasteiger partial charge in [0, 0.05) is 26.2 Å². The van der Waals surface area contributed by atoms with Gasteiger partial charge in [-0.05, 0) is 38.8 Å². The lowest BCUT2D eigenvalue weighted by Gasteiger charge is -2.26. The fraction of sp³-hybridized carbons (Fsp3) is 0.929. The third-order valence-electron chi connectivity index (χ3n) is 4.22. The number of nitrogens with zero attached hydrogens (tertiary/aromatic N) is 1. The first-order valence-corrected chi connectivity index (χ1v) is 7.55. The van der Waals surface area contributed by atoms with Gasteiger partial charge >= 0.3 is 0 Å². The molecule has 0 aromatic carbocycles. The van der Waals surface area contributed by atoms with Crippen molar-refractivity contribution < 1.29 is 9.53 Å². The van der Waals surface area contributed by atoms with E-state index in [4.69, 9.17) is 4.74 Å². The average molecular weight is 342 g/mol. The van der Waals surface area contributed by atoms with Gasteiger partial charge in [-0.15, -0.1) is 24.8 Å². The van der Waals surface area contributed by atoms with Crippen LogP contribution < -0.4 is 10.6 Å². The van der Waals surface area contributed by atoms with Gasteiger partial charge in [0.15, 0.2) is 0 Å². The first-order valence-electron chi connectivity index (χ1n) is 7.55. The molecular formula is C14H29Cl2N3O2. The minimum absolute atomic E-state index is 0. The van der Waals surface area contributed by atoms with E-state index in [1.807, 2.05) is 0 Å². The van der Waals surface area contributed by atoms with Crippen LogP contribution in [0.3, 0.4) is 0 Å². The molecular weight excluding hydrogens is 313 g/mol. The van der Waals surface area contributed by atoms with Crippen molar-refractivity contribution in [3.63, 3.8) is 0 Å². The summed E-state index contributed by atoms with van der Waals surface area (Å²) in [4.78, 5) is 14.5. The Morgan fingerprint density at radius 1 is 1.29 bits per heavy atom. The van der Waals surface area contributed by atoms with Crippen LogP contribution in [0.25, 0.3) is 0 Å². The van der Waals surface area contributed by atoms with Crippen molar-refractivity contribution in [1.82, 2.24) is 15.5 Å². The quantitative estimate of drug-likeness (QED) is 0.762. The summed E-state index contributed by atoms with van der Waals surface area (Å²) in [5.41, 5.74) is 0. The Morgan fingerprint density at radius 2 is 2.10 bits per heavy atom. The number of piperidine rings is 1. The molecule has 2 aliphatic heterocycles. The molecule has 2 heterocycles. The maximum Gasteiger partial charge on any atom is 0.237 e. The smallest absolute Gasteiger partial charge is 0.237 e. The monoisotopic (exact) mass is 341 g/mol. The highest BCUT2D eigenvalue weighted by Gasteiger charge is 2.26. The number of carbonyl (C=O) groups excluding carboxylic acids is 1. The van der Waals surface area contributed by atoms with E-state index in [9.17, 15) is 4.79 Å². The highest BCUT2D eigenvalue weighted by atomic mass is 35.5. The standard InChI is InChI=1S/C14H27N3O2.2ClH/c1-19-10-9-17-8-4-5-12(17)11-16-14(18)13-6-2-3-7-15-13;;/h12-13,15H,2-11H2,1H3,(H,16,18);2*1H/t12?,13-;;/m1../s1. The molecule has 126 valence electrons. The number of halogens is 2. The fourth-order valence-corrected chi connectivity index (χ4v) is 3.05. The predicted octanol–water partition coefficient (Wildman–Crippen LogP) is 1.20. The van der Waals surface area contributed by atoms with Gasteiger partial charge in [0.1, 0.15) is 0 Å². The molecule has 2 saturated heterocycles. The van der Waals surface area contributed by atoms with Crippen LogP contribution in [0.1, 0.15) is 32.1 Å². The van der Waals surface area contributed by atoms with Gasteiger partial charge < -0.3 is 15.4 Å². The molecule has 0 aromatic rings. The molecule has 21 heavy (non-hydrogen) atoms. The van der Waals surface area contributed by atoms with E-state index in [1.165, 1.54) is 19.3 Å². The second kappa shape index (κ2) is 11.5. The first kappa shape index (κ1) is 20.9. The number of carbonyl (C=O) groups is 1. The van der Waals surface area contributed by atoms with E-state index >= 15 is 0 Å². The first-order chi connectivity index (χ1) is 9.31. The maximum absolute atomic E-state index is 12.1. The second-order valence-corrected chi connectivity index (χ2v) is 5.57. The molecule has 0 bridgehead atoms. The Balaban J connectivity index is 0.00000200. The van der Waals surface area contributed by atoms with Crippen molar-refractivity contribution in [1.29, 1.82) is 0 Å². The highest BCUT2D eigenvalue weighted by molar-refractivity contribution is 5.85. The van der Waals surface area contributed by atoms with Gasteiger partial charge in [-0.3, -0.25) is 9.69 Å². The molecule has 1 unspecified atom stereocenters. The Hall–Kier alpha value is -0.0700. The van der Waals surface area contributed by atoms with Crippen LogP contribution in [0.4, 0.5) is 0 Å². The number of ether oxygens (including phenoxy) is 1. The summed E-state index contributed by atoms with van der Waals surface area (Å²) >= 11 is 0. The maximum atomic E-state index is 12.1. The van der Waals surface area contributed by atoms with E-state index in [2.05, 4.69) is 15.5 Å². The number of hydrogen-bond donors (Lipinski definition) is 2. The minimum Gasteiger partial charge on any atom is -0.383 e. The summed E-state index contributed by atoms with van der Waals surface area (Å²) in [6.07, 6.45) is 5.74. The zero-order valence-corrected chi connectivity index (χ0v) is 14.4. The van der Waals surface area contributed by atoms with Gasteiger partial charge in [-0.1, -0.05) is 6.42 Å². The minimum atomic E-state index is 0. The van der Waals surface area contributed by atoms with E-state index in [1.54, 1.807) is 7.11 Å². The SMILES string of the molecule is COCCN1CCCC1CNC(=O)[C@H]1CCCCN1.Cl.Cl. The van der Waals surface area contributed by atoms with Crippen molar-refractivity contribution in [3.05, 3.63) is 0 Å². The van der Waals surface area contributed by atoms with Gasteiger partial charge in [0.05, 0.1) is 12.6 Å². The summed E-state index contributed by atoms with van der Waals surface area (Å²) < 4.78 is 5.13. The van der Waals surface area contributed by atoms with Crippen molar-refractivity contribution in [2.24, 2.45) is 0 Å². The fourth-order valence-electron chi connectivity index (χ4n) is 3.05. The van der Waals surface area contributed by atoms with Crippen LogP contribution in [-0.4, -0.2) is 62.8 Å². The Kier molecular flexibility index (Phi) is 11.5. The normalized spacial score (nSPS) is 25.8. The zero-order chi connectivity index (χ0) is 13.5. The van der Waals surface area contributed by atoms with Crippen molar-refractivity contribution in [2.45, 2.75) is 44.2 Å². The van der Waals surface area contributed by atoms with E-state index in [-0.39, 0.29) is 36.8 Å². The summed E-state index contributed by atoms with van der Waals surface area (Å²) in [5.74, 6) is 0.179. The van der Waals surface area contributed by atoms with Crippen LogP contribution in [-0.2, 0) is 9.53 Å². The number of rotatable bonds is 6. The molecule has 0 aromatic heterocycles.